The molecule has 1 heterocycles. The van der Waals surface area contributed by atoms with Crippen molar-refractivity contribution >= 4 is 11.9 Å². The first-order valence-electron chi connectivity index (χ1n) is 5.93. The predicted molar refractivity (Wildman–Crippen MR) is 68.1 cm³/mol. The number of methoxy groups -OCH3 is 1. The Kier molecular flexibility index (Phi) is 4.95. The number of hydrogen-bond acceptors (Lipinski definition) is 3. The number of carbonyl (C=O) groups is 2. The zero-order chi connectivity index (χ0) is 13.6. The first-order valence-corrected chi connectivity index (χ1v) is 5.93. The highest BCUT2D eigenvalue weighted by Crippen LogP contribution is 2.19. The fourth-order valence-electron chi connectivity index (χ4n) is 1.57. The standard InChI is InChI=1S/C13H20N2O3/c1-13(2,10-5-4-8-14-10)9-15-11(16)6-7-12(17)18-3/h4-5,8,14H,6-7,9H2,1-3H3,(H,15,16). The number of esters is 1. The third-order valence-electron chi connectivity index (χ3n) is 2.84. The summed E-state index contributed by atoms with van der Waals surface area (Å²) in [6.45, 7) is 4.60. The minimum atomic E-state index is -0.367. The van der Waals surface area contributed by atoms with Crippen LogP contribution in [0.25, 0.3) is 0 Å². The molecule has 100 valence electrons. The van der Waals surface area contributed by atoms with E-state index in [1.807, 2.05) is 32.2 Å². The first kappa shape index (κ1) is 14.3. The summed E-state index contributed by atoms with van der Waals surface area (Å²) in [5, 5.41) is 2.82. The Bertz CT molecular complexity index is 396. The van der Waals surface area contributed by atoms with E-state index in [4.69, 9.17) is 0 Å². The number of amides is 1. The molecule has 0 aliphatic carbocycles. The normalized spacial score (nSPS) is 11.1. The average molecular weight is 252 g/mol. The summed E-state index contributed by atoms with van der Waals surface area (Å²) in [5.74, 6) is -0.506. The van der Waals surface area contributed by atoms with Crippen molar-refractivity contribution in [2.45, 2.75) is 32.1 Å². The Hall–Kier alpha value is -1.78. The lowest BCUT2D eigenvalue weighted by Gasteiger charge is -2.23. The number of hydrogen-bond donors (Lipinski definition) is 2. The number of nitrogens with one attached hydrogen (secondary N) is 2. The van der Waals surface area contributed by atoms with Gasteiger partial charge in [-0.2, -0.15) is 0 Å². The van der Waals surface area contributed by atoms with Crippen LogP contribution in [0, 0.1) is 0 Å². The largest absolute Gasteiger partial charge is 0.469 e. The second kappa shape index (κ2) is 6.23. The number of H-pyrrole nitrogens is 1. The summed E-state index contributed by atoms with van der Waals surface area (Å²) in [4.78, 5) is 25.6. The molecule has 0 aliphatic heterocycles. The first-order chi connectivity index (χ1) is 8.45. The average Bonchev–Trinajstić information content (AvgIpc) is 2.88. The van der Waals surface area contributed by atoms with Crippen molar-refractivity contribution in [1.82, 2.24) is 10.3 Å². The highest BCUT2D eigenvalue weighted by molar-refractivity contribution is 5.81. The Morgan fingerprint density at radius 1 is 1.39 bits per heavy atom. The van der Waals surface area contributed by atoms with Crippen molar-refractivity contribution in [2.75, 3.05) is 13.7 Å². The van der Waals surface area contributed by atoms with Crippen LogP contribution < -0.4 is 5.32 Å². The van der Waals surface area contributed by atoms with E-state index in [0.29, 0.717) is 6.54 Å². The summed E-state index contributed by atoms with van der Waals surface area (Å²) in [7, 11) is 1.31. The molecule has 0 radical (unpaired) electrons. The van der Waals surface area contributed by atoms with E-state index in [1.54, 1.807) is 0 Å². The molecule has 0 spiro atoms. The van der Waals surface area contributed by atoms with Crippen LogP contribution in [0.3, 0.4) is 0 Å². The zero-order valence-corrected chi connectivity index (χ0v) is 11.1. The smallest absolute Gasteiger partial charge is 0.306 e. The van der Waals surface area contributed by atoms with Gasteiger partial charge in [0.05, 0.1) is 13.5 Å². The van der Waals surface area contributed by atoms with Gasteiger partial charge in [-0.15, -0.1) is 0 Å². The molecule has 5 nitrogen and oxygen atoms in total. The Balaban J connectivity index is 2.36. The lowest BCUT2D eigenvalue weighted by molar-refractivity contribution is -0.142. The fourth-order valence-corrected chi connectivity index (χ4v) is 1.57. The second-order valence-corrected chi connectivity index (χ2v) is 4.82. The lowest BCUT2D eigenvalue weighted by atomic mass is 9.89. The molecular weight excluding hydrogens is 232 g/mol. The fraction of sp³-hybridized carbons (Fsp3) is 0.538. The molecule has 0 fully saturated rings. The van der Waals surface area contributed by atoms with E-state index >= 15 is 0 Å². The molecule has 0 saturated carbocycles. The van der Waals surface area contributed by atoms with E-state index in [0.717, 1.165) is 5.69 Å². The van der Waals surface area contributed by atoms with Crippen LogP contribution in [0.15, 0.2) is 18.3 Å². The monoisotopic (exact) mass is 252 g/mol. The third-order valence-corrected chi connectivity index (χ3v) is 2.84. The summed E-state index contributed by atoms with van der Waals surface area (Å²) in [6, 6.07) is 3.91. The molecule has 1 rings (SSSR count). The van der Waals surface area contributed by atoms with E-state index < -0.39 is 0 Å². The maximum Gasteiger partial charge on any atom is 0.306 e. The highest BCUT2D eigenvalue weighted by Gasteiger charge is 2.22. The molecule has 0 aromatic carbocycles. The van der Waals surface area contributed by atoms with Gasteiger partial charge in [0.2, 0.25) is 5.91 Å². The van der Waals surface area contributed by atoms with Crippen LogP contribution in [-0.4, -0.2) is 30.5 Å². The number of ether oxygens (including phenoxy) is 1. The summed E-state index contributed by atoms with van der Waals surface area (Å²) < 4.78 is 4.48. The Labute approximate surface area is 107 Å². The van der Waals surface area contributed by atoms with Crippen molar-refractivity contribution in [3.63, 3.8) is 0 Å². The van der Waals surface area contributed by atoms with Crippen molar-refractivity contribution in [2.24, 2.45) is 0 Å². The minimum absolute atomic E-state index is 0.116. The molecule has 0 unspecified atom stereocenters. The quantitative estimate of drug-likeness (QED) is 0.751. The van der Waals surface area contributed by atoms with Gasteiger partial charge in [0.25, 0.3) is 0 Å². The Morgan fingerprint density at radius 2 is 2.11 bits per heavy atom. The van der Waals surface area contributed by atoms with Crippen molar-refractivity contribution in [1.29, 1.82) is 0 Å². The van der Waals surface area contributed by atoms with Crippen LogP contribution in [-0.2, 0) is 19.7 Å². The van der Waals surface area contributed by atoms with Gasteiger partial charge in [-0.1, -0.05) is 13.8 Å². The summed E-state index contributed by atoms with van der Waals surface area (Å²) in [6.07, 6.45) is 2.13. The molecule has 0 saturated heterocycles. The van der Waals surface area contributed by atoms with Gasteiger partial charge in [0, 0.05) is 30.3 Å². The van der Waals surface area contributed by atoms with Gasteiger partial charge in [-0.25, -0.2) is 0 Å². The molecule has 1 aromatic heterocycles. The van der Waals surface area contributed by atoms with Crippen molar-refractivity contribution < 1.29 is 14.3 Å². The molecule has 0 aliphatic rings. The highest BCUT2D eigenvalue weighted by atomic mass is 16.5. The molecule has 1 aromatic rings. The van der Waals surface area contributed by atoms with E-state index in [9.17, 15) is 9.59 Å². The van der Waals surface area contributed by atoms with E-state index in [-0.39, 0.29) is 30.1 Å². The van der Waals surface area contributed by atoms with Crippen molar-refractivity contribution in [3.8, 4) is 0 Å². The van der Waals surface area contributed by atoms with E-state index in [1.165, 1.54) is 7.11 Å². The maximum atomic E-state index is 11.6. The van der Waals surface area contributed by atoms with Crippen molar-refractivity contribution in [3.05, 3.63) is 24.0 Å². The van der Waals surface area contributed by atoms with Gasteiger partial charge in [0.15, 0.2) is 0 Å². The maximum absolute atomic E-state index is 11.6. The van der Waals surface area contributed by atoms with Crippen LogP contribution in [0.2, 0.25) is 0 Å². The van der Waals surface area contributed by atoms with Gasteiger partial charge in [-0.05, 0) is 12.1 Å². The summed E-state index contributed by atoms with van der Waals surface area (Å²) in [5.41, 5.74) is 0.903. The molecule has 18 heavy (non-hydrogen) atoms. The van der Waals surface area contributed by atoms with Crippen LogP contribution in [0.5, 0.6) is 0 Å². The van der Waals surface area contributed by atoms with Crippen LogP contribution in [0.1, 0.15) is 32.4 Å². The van der Waals surface area contributed by atoms with Gasteiger partial charge < -0.3 is 15.0 Å². The van der Waals surface area contributed by atoms with Gasteiger partial charge >= 0.3 is 5.97 Å². The lowest BCUT2D eigenvalue weighted by Crippen LogP contribution is -2.37. The predicted octanol–water partition coefficient (Wildman–Crippen LogP) is 1.36. The third kappa shape index (κ3) is 4.24. The Morgan fingerprint density at radius 3 is 2.67 bits per heavy atom. The van der Waals surface area contributed by atoms with Gasteiger partial charge in [-0.3, -0.25) is 9.59 Å². The molecule has 0 bridgehead atoms. The SMILES string of the molecule is COC(=O)CCC(=O)NCC(C)(C)c1ccc[nH]1. The molecular formula is C13H20N2O3. The number of carbonyl (C=O) groups excluding carboxylic acids is 2. The zero-order valence-electron chi connectivity index (χ0n) is 11.1. The van der Waals surface area contributed by atoms with Crippen LogP contribution in [0.4, 0.5) is 0 Å². The van der Waals surface area contributed by atoms with Gasteiger partial charge in [0.1, 0.15) is 0 Å². The topological polar surface area (TPSA) is 71.2 Å². The summed E-state index contributed by atoms with van der Waals surface area (Å²) >= 11 is 0. The number of rotatable bonds is 6. The second-order valence-electron chi connectivity index (χ2n) is 4.82. The molecule has 5 heteroatoms. The number of aromatic nitrogens is 1. The minimum Gasteiger partial charge on any atom is -0.469 e. The molecule has 2 N–H and O–H groups in total. The molecule has 1 amide bonds. The molecule has 0 atom stereocenters. The van der Waals surface area contributed by atoms with E-state index in [2.05, 4.69) is 15.0 Å². The van der Waals surface area contributed by atoms with Crippen LogP contribution >= 0.6 is 0 Å². The number of aromatic amines is 1.